The van der Waals surface area contributed by atoms with E-state index in [1.165, 1.54) is 99.6 Å². The number of nitrogens with two attached hydrogens (primary N) is 3. The van der Waals surface area contributed by atoms with E-state index in [0.717, 1.165) is 28.5 Å². The van der Waals surface area contributed by atoms with Crippen LogP contribution in [0.15, 0.2) is 97.1 Å². The fraction of sp³-hybridized carbons (Fsp3) is 0.456. The quantitative estimate of drug-likeness (QED) is 0.0209. The molecule has 105 heavy (non-hydrogen) atoms. The molecule has 4 aromatic carbocycles. The van der Waals surface area contributed by atoms with Crippen LogP contribution in [-0.4, -0.2) is 253 Å². The Morgan fingerprint density at radius 2 is 1.08 bits per heavy atom. The summed E-state index contributed by atoms with van der Waals surface area (Å²) in [5, 5.41) is 84.9. The van der Waals surface area contributed by atoms with Gasteiger partial charge in [-0.05, 0) is 110 Å². The average Bonchev–Trinajstić information content (AvgIpc) is 1.56. The van der Waals surface area contributed by atoms with Gasteiger partial charge in [0.05, 0.1) is 19.2 Å². The van der Waals surface area contributed by atoms with Gasteiger partial charge in [0, 0.05) is 93.6 Å². The van der Waals surface area contributed by atoms with Crippen LogP contribution < -0.4 is 65.1 Å². The minimum absolute atomic E-state index is 0.00853. The SMILES string of the molecule is CC(O)C1NC(=O)C(CCCCN)NC(=O)C(Cc2ccc(NC(N)=O)cc2)NC(=O)C(Cc2ccc(O)cc2)NC(=O)C(NC(=O)C(Cc2ccc(Cl)cc2)NC(=O)CCC(C(=O)O)N2CCN(CC(=O)O)CCN(CC(=O)O)CC2)CSSCC(C(=O)NC(Cc2ccc(O)cc2)C(N)=O)NC1=O. The maximum Gasteiger partial charge on any atom is 0.320 e. The van der Waals surface area contributed by atoms with Gasteiger partial charge < -0.3 is 95.7 Å². The molecular weight excluding hydrogens is 1430 g/mol. The number of carboxylic acid groups (broad SMARTS) is 3. The Morgan fingerprint density at radius 1 is 0.590 bits per heavy atom. The smallest absolute Gasteiger partial charge is 0.320 e. The lowest BCUT2D eigenvalue weighted by Gasteiger charge is -2.30. The fourth-order valence-electron chi connectivity index (χ4n) is 11.4. The predicted molar refractivity (Wildman–Crippen MR) is 387 cm³/mol. The lowest BCUT2D eigenvalue weighted by Crippen LogP contribution is -2.62. The van der Waals surface area contributed by atoms with Crippen molar-refractivity contribution < 1.29 is 93.0 Å². The number of nitrogens with one attached hydrogen (secondary N) is 9. The van der Waals surface area contributed by atoms with Gasteiger partial charge in [-0.1, -0.05) is 81.7 Å². The van der Waals surface area contributed by atoms with Crippen molar-refractivity contribution in [3.05, 3.63) is 124 Å². The number of anilines is 1. The number of aliphatic hydroxyl groups is 1. The first-order chi connectivity index (χ1) is 49.9. The van der Waals surface area contributed by atoms with Crippen molar-refractivity contribution in [2.75, 3.05) is 75.7 Å². The summed E-state index contributed by atoms with van der Waals surface area (Å²) in [6.45, 7) is 0.957. The molecule has 2 aliphatic heterocycles. The number of aliphatic carboxylic acids is 3. The molecule has 0 saturated carbocycles. The first-order valence-corrected chi connectivity index (χ1v) is 36.4. The highest BCUT2D eigenvalue weighted by molar-refractivity contribution is 8.76. The maximum atomic E-state index is 15.3. The number of phenols is 2. The van der Waals surface area contributed by atoms with Gasteiger partial charge in [-0.25, -0.2) is 4.79 Å². The van der Waals surface area contributed by atoms with Crippen molar-refractivity contribution in [2.24, 2.45) is 17.2 Å². The molecule has 2 aliphatic rings. The number of aromatic hydroxyl groups is 2. The Kier molecular flexibility index (Phi) is 33.8. The number of carboxylic acids is 3. The van der Waals surface area contributed by atoms with E-state index in [0.29, 0.717) is 33.7 Å². The molecule has 2 heterocycles. The number of halogens is 1. The molecule has 34 nitrogen and oxygen atoms in total. The standard InChI is InChI=1S/C68H90ClN15O19S2/c1-38(85)58-66(100)80-53(64(98)76-48(59(71)93)30-41-9-17-45(86)18-10-41)37-105-104-36-52(79-61(95)49(31-39-5-13-43(69)14-6-39)74-55(88)22-21-54(67(101)102)84-28-26-82(34-56(89)90)24-25-83(27-29-84)35-57(91)92)65(99)78-51(33-42-11-19-46(87)20-12-42)63(97)77-50(32-40-7-15-44(16-8-40)73-68(72)103)62(96)75-47(60(94)81-58)4-2-3-23-70/h5-20,38,47-54,58,85-87H,2-4,21-37,70H2,1H3,(H2,71,93)(H,74,88)(H,75,96)(H,76,98)(H,77,97)(H,78,99)(H,79,95)(H,80,100)(H,81,94)(H,89,90)(H,91,92)(H,101,102)(H3,72,73,103). The molecule has 6 rings (SSSR count). The van der Waals surface area contributed by atoms with Crippen molar-refractivity contribution in [1.82, 2.24) is 57.2 Å². The Bertz CT molecular complexity index is 3640. The van der Waals surface area contributed by atoms with Gasteiger partial charge in [-0.15, -0.1) is 0 Å². The maximum absolute atomic E-state index is 15.3. The van der Waals surface area contributed by atoms with E-state index >= 15 is 14.4 Å². The molecule has 21 N–H and O–H groups in total. The summed E-state index contributed by atoms with van der Waals surface area (Å²) in [4.78, 5) is 184. The van der Waals surface area contributed by atoms with E-state index in [2.05, 4.69) is 47.9 Å². The number of hydrogen-bond donors (Lipinski definition) is 18. The van der Waals surface area contributed by atoms with Crippen molar-refractivity contribution >= 4 is 116 Å². The summed E-state index contributed by atoms with van der Waals surface area (Å²) in [6, 6.07) is 7.85. The number of hydrogen-bond acceptors (Lipinski definition) is 22. The minimum Gasteiger partial charge on any atom is -0.508 e. The lowest BCUT2D eigenvalue weighted by molar-refractivity contribution is -0.145. The first-order valence-electron chi connectivity index (χ1n) is 33.6. The van der Waals surface area contributed by atoms with E-state index < -0.39 is 169 Å². The zero-order chi connectivity index (χ0) is 76.9. The number of benzene rings is 4. The van der Waals surface area contributed by atoms with Gasteiger partial charge >= 0.3 is 23.9 Å². The number of unbranched alkanes of at least 4 members (excludes halogenated alkanes) is 1. The van der Waals surface area contributed by atoms with Crippen LogP contribution >= 0.6 is 33.2 Å². The molecule has 37 heteroatoms. The summed E-state index contributed by atoms with van der Waals surface area (Å²) in [7, 11) is 1.68. The molecular formula is C68H90ClN15O19S2. The van der Waals surface area contributed by atoms with E-state index in [4.69, 9.17) is 28.8 Å². The Hall–Kier alpha value is -9.82. The second kappa shape index (κ2) is 42.2. The summed E-state index contributed by atoms with van der Waals surface area (Å²) < 4.78 is 0. The molecule has 11 amide bonds. The molecule has 0 aromatic heterocycles. The fourth-order valence-corrected chi connectivity index (χ4v) is 13.8. The third kappa shape index (κ3) is 29.0. The van der Waals surface area contributed by atoms with Crippen LogP contribution in [0.4, 0.5) is 10.5 Å². The normalized spacial score (nSPS) is 20.7. The summed E-state index contributed by atoms with van der Waals surface area (Å²) >= 11 is 6.26. The predicted octanol–water partition coefficient (Wildman–Crippen LogP) is -1.90. The van der Waals surface area contributed by atoms with Crippen LogP contribution in [0, 0.1) is 0 Å². The third-order valence-corrected chi connectivity index (χ3v) is 19.7. The van der Waals surface area contributed by atoms with Crippen molar-refractivity contribution in [3.63, 3.8) is 0 Å². The molecule has 10 atom stereocenters. The van der Waals surface area contributed by atoms with Crippen LogP contribution in [0.1, 0.15) is 61.3 Å². The van der Waals surface area contributed by atoms with E-state index in [9.17, 15) is 78.6 Å². The van der Waals surface area contributed by atoms with Gasteiger partial charge in [0.2, 0.25) is 53.2 Å². The van der Waals surface area contributed by atoms with Gasteiger partial charge in [0.1, 0.15) is 65.9 Å². The lowest BCUT2D eigenvalue weighted by atomic mass is 10.0. The number of nitrogens with zero attached hydrogens (tertiary/aromatic N) is 3. The van der Waals surface area contributed by atoms with Crippen LogP contribution in [0.25, 0.3) is 0 Å². The van der Waals surface area contributed by atoms with Gasteiger partial charge in [-0.3, -0.25) is 72.2 Å². The number of carbonyl (C=O) groups is 13. The largest absolute Gasteiger partial charge is 0.508 e. The number of rotatable bonds is 29. The number of carbonyl (C=O) groups excluding carboxylic acids is 10. The van der Waals surface area contributed by atoms with Crippen molar-refractivity contribution in [3.8, 4) is 11.5 Å². The van der Waals surface area contributed by atoms with E-state index in [1.807, 2.05) is 0 Å². The number of amides is 11. The molecule has 0 radical (unpaired) electrons. The highest BCUT2D eigenvalue weighted by Crippen LogP contribution is 2.25. The number of primary amides is 2. The number of aliphatic hydroxyl groups excluding tert-OH is 1. The second-order valence-corrected chi connectivity index (χ2v) is 28.2. The summed E-state index contributed by atoms with van der Waals surface area (Å²) in [6.07, 6.45) is -3.34. The Morgan fingerprint density at radius 3 is 1.59 bits per heavy atom. The molecule has 2 saturated heterocycles. The zero-order valence-electron chi connectivity index (χ0n) is 57.4. The topological polar surface area (TPSA) is 539 Å². The molecule has 0 spiro atoms. The summed E-state index contributed by atoms with van der Waals surface area (Å²) in [5.74, 6) is -13.9. The van der Waals surface area contributed by atoms with E-state index in [1.54, 1.807) is 12.1 Å². The summed E-state index contributed by atoms with van der Waals surface area (Å²) in [5.41, 5.74) is 18.8. The van der Waals surface area contributed by atoms with Crippen molar-refractivity contribution in [2.45, 2.75) is 125 Å². The zero-order valence-corrected chi connectivity index (χ0v) is 59.8. The Balaban J connectivity index is 1.42. The third-order valence-electron chi connectivity index (χ3n) is 17.0. The van der Waals surface area contributed by atoms with E-state index in [-0.39, 0.29) is 108 Å². The number of phenolic OH excluding ortho intramolecular Hbond substituents is 2. The van der Waals surface area contributed by atoms with Crippen molar-refractivity contribution in [1.29, 1.82) is 0 Å². The van der Waals surface area contributed by atoms with Gasteiger partial charge in [-0.2, -0.15) is 0 Å². The van der Waals surface area contributed by atoms with Crippen LogP contribution in [0.3, 0.4) is 0 Å². The molecule has 10 unspecified atom stereocenters. The van der Waals surface area contributed by atoms with Gasteiger partial charge in [0.25, 0.3) is 0 Å². The highest BCUT2D eigenvalue weighted by atomic mass is 35.5. The molecule has 0 bridgehead atoms. The molecule has 2 fully saturated rings. The average molecular weight is 1520 g/mol. The minimum atomic E-state index is -1.86. The van der Waals surface area contributed by atoms with Crippen LogP contribution in [0.5, 0.6) is 11.5 Å². The molecule has 0 aliphatic carbocycles. The van der Waals surface area contributed by atoms with Crippen LogP contribution in [-0.2, 0) is 83.2 Å². The van der Waals surface area contributed by atoms with Gasteiger partial charge in [0.15, 0.2) is 0 Å². The second-order valence-electron chi connectivity index (χ2n) is 25.2. The van der Waals surface area contributed by atoms with Crippen LogP contribution in [0.2, 0.25) is 5.02 Å². The molecule has 4 aromatic rings. The Labute approximate surface area is 617 Å². The molecule has 570 valence electrons. The highest BCUT2D eigenvalue weighted by Gasteiger charge is 2.38. The first kappa shape index (κ1) is 84.1. The number of urea groups is 1. The monoisotopic (exact) mass is 1520 g/mol.